The lowest BCUT2D eigenvalue weighted by atomic mass is 10.1. The molecular formula is C15H11ClFN3O. The molecule has 1 amide bonds. The maximum absolute atomic E-state index is 13.8. The van der Waals surface area contributed by atoms with Gasteiger partial charge in [-0.2, -0.15) is 0 Å². The van der Waals surface area contributed by atoms with Crippen molar-refractivity contribution in [1.29, 1.82) is 0 Å². The number of amides is 1. The average molecular weight is 304 g/mol. The Kier molecular flexibility index (Phi) is 3.27. The maximum Gasteiger partial charge on any atom is 0.257 e. The van der Waals surface area contributed by atoms with Crippen LogP contribution in [0, 0.1) is 5.82 Å². The number of aromatic nitrogens is 1. The summed E-state index contributed by atoms with van der Waals surface area (Å²) in [7, 11) is 0. The Bertz CT molecular complexity index is 844. The number of rotatable bonds is 2. The van der Waals surface area contributed by atoms with Crippen LogP contribution in [0.3, 0.4) is 0 Å². The molecule has 0 radical (unpaired) electrons. The average Bonchev–Trinajstić information content (AvgIpc) is 2.86. The molecule has 0 fully saturated rings. The molecule has 0 bridgehead atoms. The van der Waals surface area contributed by atoms with E-state index in [2.05, 4.69) is 10.3 Å². The van der Waals surface area contributed by atoms with E-state index in [1.807, 2.05) is 0 Å². The number of nitrogens with two attached hydrogens (primary N) is 1. The lowest BCUT2D eigenvalue weighted by molar-refractivity contribution is 0.102. The zero-order valence-electron chi connectivity index (χ0n) is 10.8. The van der Waals surface area contributed by atoms with Crippen LogP contribution in [0.1, 0.15) is 10.4 Å². The summed E-state index contributed by atoms with van der Waals surface area (Å²) in [6.07, 6.45) is 1.56. The van der Waals surface area contributed by atoms with E-state index >= 15 is 0 Å². The highest BCUT2D eigenvalue weighted by Crippen LogP contribution is 2.25. The minimum absolute atomic E-state index is 0.0392. The summed E-state index contributed by atoms with van der Waals surface area (Å²) in [5.41, 5.74) is 7.47. The van der Waals surface area contributed by atoms with Gasteiger partial charge in [0.1, 0.15) is 0 Å². The molecule has 0 aliphatic heterocycles. The van der Waals surface area contributed by atoms with Crippen LogP contribution < -0.4 is 11.1 Å². The minimum atomic E-state index is -0.656. The van der Waals surface area contributed by atoms with Crippen LogP contribution in [0.15, 0.2) is 42.6 Å². The lowest BCUT2D eigenvalue weighted by Gasteiger charge is -2.06. The normalized spacial score (nSPS) is 10.8. The van der Waals surface area contributed by atoms with Crippen molar-refractivity contribution in [3.63, 3.8) is 0 Å². The number of nitrogen functional groups attached to an aromatic ring is 1. The van der Waals surface area contributed by atoms with Crippen molar-refractivity contribution in [1.82, 2.24) is 4.98 Å². The topological polar surface area (TPSA) is 70.9 Å². The summed E-state index contributed by atoms with van der Waals surface area (Å²) in [4.78, 5) is 15.2. The van der Waals surface area contributed by atoms with Crippen molar-refractivity contribution in [3.8, 4) is 0 Å². The van der Waals surface area contributed by atoms with Gasteiger partial charge >= 0.3 is 0 Å². The monoisotopic (exact) mass is 303 g/mol. The number of halogens is 2. The van der Waals surface area contributed by atoms with E-state index in [0.717, 1.165) is 5.52 Å². The van der Waals surface area contributed by atoms with Crippen molar-refractivity contribution < 1.29 is 9.18 Å². The highest BCUT2D eigenvalue weighted by Gasteiger charge is 2.15. The van der Waals surface area contributed by atoms with E-state index in [1.54, 1.807) is 30.5 Å². The fraction of sp³-hybridized carbons (Fsp3) is 0. The smallest absolute Gasteiger partial charge is 0.257 e. The van der Waals surface area contributed by atoms with Crippen molar-refractivity contribution in [3.05, 3.63) is 59.0 Å². The first-order valence-corrected chi connectivity index (χ1v) is 6.56. The second-order valence-corrected chi connectivity index (χ2v) is 4.97. The molecular weight excluding hydrogens is 293 g/mol. The van der Waals surface area contributed by atoms with E-state index in [4.69, 9.17) is 17.3 Å². The largest absolute Gasteiger partial charge is 0.399 e. The summed E-state index contributed by atoms with van der Waals surface area (Å²) in [5.74, 6) is -1.08. The Morgan fingerprint density at radius 1 is 1.29 bits per heavy atom. The molecule has 0 aliphatic rings. The molecule has 3 aromatic rings. The summed E-state index contributed by atoms with van der Waals surface area (Å²) >= 11 is 5.69. The van der Waals surface area contributed by atoms with E-state index < -0.39 is 11.7 Å². The second-order valence-electron chi connectivity index (χ2n) is 4.56. The third-order valence-electron chi connectivity index (χ3n) is 3.15. The van der Waals surface area contributed by atoms with Crippen molar-refractivity contribution in [2.24, 2.45) is 0 Å². The number of hydrogen-bond donors (Lipinski definition) is 3. The van der Waals surface area contributed by atoms with E-state index in [9.17, 15) is 9.18 Å². The first-order valence-electron chi connectivity index (χ1n) is 6.18. The quantitative estimate of drug-likeness (QED) is 0.630. The van der Waals surface area contributed by atoms with Crippen LogP contribution in [0.2, 0.25) is 5.02 Å². The molecule has 1 heterocycles. The summed E-state index contributed by atoms with van der Waals surface area (Å²) < 4.78 is 13.8. The first-order chi connectivity index (χ1) is 10.1. The molecule has 4 N–H and O–H groups in total. The van der Waals surface area contributed by atoms with Gasteiger partial charge in [0.25, 0.3) is 5.91 Å². The number of anilines is 2. The second kappa shape index (κ2) is 5.10. The van der Waals surface area contributed by atoms with Gasteiger partial charge < -0.3 is 16.0 Å². The molecule has 0 unspecified atom stereocenters. The zero-order valence-corrected chi connectivity index (χ0v) is 11.5. The number of aromatic amines is 1. The number of fused-ring (bicyclic) bond motifs is 1. The number of benzene rings is 2. The van der Waals surface area contributed by atoms with E-state index in [0.29, 0.717) is 16.6 Å². The van der Waals surface area contributed by atoms with Crippen molar-refractivity contribution in [2.75, 3.05) is 11.1 Å². The highest BCUT2D eigenvalue weighted by atomic mass is 35.5. The zero-order chi connectivity index (χ0) is 15.0. The van der Waals surface area contributed by atoms with E-state index in [-0.39, 0.29) is 10.7 Å². The van der Waals surface area contributed by atoms with Gasteiger partial charge in [-0.05, 0) is 30.3 Å². The van der Waals surface area contributed by atoms with Crippen LogP contribution in [-0.4, -0.2) is 10.9 Å². The van der Waals surface area contributed by atoms with Gasteiger partial charge in [0.15, 0.2) is 5.82 Å². The predicted molar refractivity (Wildman–Crippen MR) is 82.1 cm³/mol. The Morgan fingerprint density at radius 3 is 2.90 bits per heavy atom. The van der Waals surface area contributed by atoms with Gasteiger partial charge in [0.05, 0.1) is 16.3 Å². The van der Waals surface area contributed by atoms with Crippen LogP contribution in [0.25, 0.3) is 10.9 Å². The van der Waals surface area contributed by atoms with Gasteiger partial charge in [-0.3, -0.25) is 4.79 Å². The third kappa shape index (κ3) is 2.43. The molecule has 21 heavy (non-hydrogen) atoms. The van der Waals surface area contributed by atoms with Crippen LogP contribution >= 0.6 is 11.6 Å². The molecule has 6 heteroatoms. The molecule has 3 rings (SSSR count). The van der Waals surface area contributed by atoms with Crippen LogP contribution in [0.5, 0.6) is 0 Å². The number of H-pyrrole nitrogens is 1. The molecule has 2 aromatic carbocycles. The first kappa shape index (κ1) is 13.5. The van der Waals surface area contributed by atoms with Crippen molar-refractivity contribution in [2.45, 2.75) is 0 Å². The molecule has 0 saturated heterocycles. The molecule has 0 spiro atoms. The number of nitrogens with one attached hydrogen (secondary N) is 2. The van der Waals surface area contributed by atoms with Gasteiger partial charge in [-0.25, -0.2) is 4.39 Å². The SMILES string of the molecule is Nc1ccc2c(C(=O)Nc3cccc(Cl)c3F)c[nH]c2c1. The van der Waals surface area contributed by atoms with E-state index in [1.165, 1.54) is 12.1 Å². The number of carbonyl (C=O) groups is 1. The molecule has 1 aromatic heterocycles. The lowest BCUT2D eigenvalue weighted by Crippen LogP contribution is -2.12. The third-order valence-corrected chi connectivity index (χ3v) is 3.44. The Morgan fingerprint density at radius 2 is 2.10 bits per heavy atom. The summed E-state index contributed by atoms with van der Waals surface area (Å²) in [6, 6.07) is 9.60. The fourth-order valence-electron chi connectivity index (χ4n) is 2.12. The summed E-state index contributed by atoms with van der Waals surface area (Å²) in [6.45, 7) is 0. The molecule has 106 valence electrons. The van der Waals surface area contributed by atoms with Crippen molar-refractivity contribution >= 4 is 39.8 Å². The molecule has 0 aliphatic carbocycles. The van der Waals surface area contributed by atoms with Gasteiger partial charge in [0.2, 0.25) is 0 Å². The highest BCUT2D eigenvalue weighted by molar-refractivity contribution is 6.31. The Labute approximate surface area is 124 Å². The molecule has 0 saturated carbocycles. The number of carbonyl (C=O) groups excluding carboxylic acids is 1. The molecule has 4 nitrogen and oxygen atoms in total. The van der Waals surface area contributed by atoms with Gasteiger partial charge in [0, 0.05) is 22.8 Å². The fourth-order valence-corrected chi connectivity index (χ4v) is 2.30. The summed E-state index contributed by atoms with van der Waals surface area (Å²) in [5, 5.41) is 3.18. The van der Waals surface area contributed by atoms with Crippen LogP contribution in [0.4, 0.5) is 15.8 Å². The maximum atomic E-state index is 13.8. The molecule has 0 atom stereocenters. The Hall–Kier alpha value is -2.53. The van der Waals surface area contributed by atoms with Gasteiger partial charge in [-0.1, -0.05) is 17.7 Å². The van der Waals surface area contributed by atoms with Crippen LogP contribution in [-0.2, 0) is 0 Å². The standard InChI is InChI=1S/C15H11ClFN3O/c16-11-2-1-3-12(14(11)17)20-15(21)10-7-19-13-6-8(18)4-5-9(10)13/h1-7,19H,18H2,(H,20,21). The minimum Gasteiger partial charge on any atom is -0.399 e. The Balaban J connectivity index is 1.96. The van der Waals surface area contributed by atoms with Gasteiger partial charge in [-0.15, -0.1) is 0 Å². The predicted octanol–water partition coefficient (Wildman–Crippen LogP) is 3.79. The number of hydrogen-bond acceptors (Lipinski definition) is 2.